The lowest BCUT2D eigenvalue weighted by atomic mass is 10.2. The van der Waals surface area contributed by atoms with Crippen molar-refractivity contribution in [3.8, 4) is 11.5 Å². The van der Waals surface area contributed by atoms with Crippen molar-refractivity contribution < 1.29 is 28.5 Å². The summed E-state index contributed by atoms with van der Waals surface area (Å²) >= 11 is 0. The van der Waals surface area contributed by atoms with Crippen LogP contribution in [0.5, 0.6) is 11.5 Å². The number of carbonyl (C=O) groups excluding carboxylic acids is 2. The molecule has 0 saturated carbocycles. The Hall–Kier alpha value is -3.06. The number of carbonyl (C=O) groups is 2. The van der Waals surface area contributed by atoms with Gasteiger partial charge < -0.3 is 24.3 Å². The highest BCUT2D eigenvalue weighted by Crippen LogP contribution is 2.17. The monoisotopic (exact) mass is 399 g/mol. The van der Waals surface area contributed by atoms with Crippen molar-refractivity contribution in [1.29, 1.82) is 0 Å². The number of esters is 1. The van der Waals surface area contributed by atoms with Gasteiger partial charge in [-0.3, -0.25) is 4.79 Å². The SMILES string of the molecule is O=C(COC(=O)c1ccc(OC[C@@H]2CCCO2)cc1)NCCOc1ccccc1. The van der Waals surface area contributed by atoms with Crippen molar-refractivity contribution >= 4 is 11.9 Å². The third-order valence-corrected chi connectivity index (χ3v) is 4.32. The molecule has 0 aromatic heterocycles. The summed E-state index contributed by atoms with van der Waals surface area (Å²) in [4.78, 5) is 23.8. The van der Waals surface area contributed by atoms with Gasteiger partial charge in [-0.2, -0.15) is 0 Å². The maximum absolute atomic E-state index is 12.1. The number of hydrogen-bond acceptors (Lipinski definition) is 6. The molecular formula is C22H25NO6. The van der Waals surface area contributed by atoms with E-state index < -0.39 is 5.97 Å². The van der Waals surface area contributed by atoms with E-state index in [1.54, 1.807) is 24.3 Å². The summed E-state index contributed by atoms with van der Waals surface area (Å²) < 4.78 is 21.7. The second kappa shape index (κ2) is 11.1. The third-order valence-electron chi connectivity index (χ3n) is 4.32. The predicted octanol–water partition coefficient (Wildman–Crippen LogP) is 2.60. The van der Waals surface area contributed by atoms with Gasteiger partial charge >= 0.3 is 5.97 Å². The first kappa shape index (κ1) is 20.7. The molecule has 2 aromatic rings. The number of hydrogen-bond donors (Lipinski definition) is 1. The Morgan fingerprint density at radius 2 is 1.76 bits per heavy atom. The minimum Gasteiger partial charge on any atom is -0.492 e. The Morgan fingerprint density at radius 1 is 1.00 bits per heavy atom. The summed E-state index contributed by atoms with van der Waals surface area (Å²) in [6, 6.07) is 15.9. The molecule has 0 bridgehead atoms. The van der Waals surface area contributed by atoms with Crippen LogP contribution in [0.2, 0.25) is 0 Å². The molecule has 1 fully saturated rings. The minimum atomic E-state index is -0.564. The molecule has 0 unspecified atom stereocenters. The van der Waals surface area contributed by atoms with E-state index in [-0.39, 0.29) is 18.6 Å². The largest absolute Gasteiger partial charge is 0.492 e. The number of nitrogens with one attached hydrogen (secondary N) is 1. The molecule has 1 saturated heterocycles. The van der Waals surface area contributed by atoms with Crippen molar-refractivity contribution in [3.63, 3.8) is 0 Å². The summed E-state index contributed by atoms with van der Waals surface area (Å²) in [5, 5.41) is 2.64. The minimum absolute atomic E-state index is 0.135. The lowest BCUT2D eigenvalue weighted by molar-refractivity contribution is -0.124. The van der Waals surface area contributed by atoms with E-state index in [9.17, 15) is 9.59 Å². The van der Waals surface area contributed by atoms with E-state index in [1.807, 2.05) is 30.3 Å². The second-order valence-electron chi connectivity index (χ2n) is 6.56. The Morgan fingerprint density at radius 3 is 2.48 bits per heavy atom. The fraction of sp³-hybridized carbons (Fsp3) is 0.364. The second-order valence-corrected chi connectivity index (χ2v) is 6.56. The summed E-state index contributed by atoms with van der Waals surface area (Å²) in [7, 11) is 0. The Labute approximate surface area is 169 Å². The smallest absolute Gasteiger partial charge is 0.338 e. The number of para-hydroxylation sites is 1. The molecule has 154 valence electrons. The molecule has 1 aliphatic heterocycles. The Balaban J connectivity index is 1.31. The van der Waals surface area contributed by atoms with Crippen molar-refractivity contribution in [1.82, 2.24) is 5.32 Å². The van der Waals surface area contributed by atoms with Crippen LogP contribution < -0.4 is 14.8 Å². The molecule has 7 nitrogen and oxygen atoms in total. The zero-order valence-electron chi connectivity index (χ0n) is 16.2. The molecule has 1 amide bonds. The van der Waals surface area contributed by atoms with Crippen molar-refractivity contribution in [2.75, 3.05) is 33.0 Å². The summed E-state index contributed by atoms with van der Waals surface area (Å²) in [5.41, 5.74) is 0.356. The lowest BCUT2D eigenvalue weighted by Crippen LogP contribution is -2.32. The van der Waals surface area contributed by atoms with Crippen molar-refractivity contribution in [2.24, 2.45) is 0 Å². The van der Waals surface area contributed by atoms with E-state index in [4.69, 9.17) is 18.9 Å². The van der Waals surface area contributed by atoms with Gasteiger partial charge in [-0.05, 0) is 49.2 Å². The van der Waals surface area contributed by atoms with Gasteiger partial charge in [0.15, 0.2) is 6.61 Å². The molecule has 3 rings (SSSR count). The lowest BCUT2D eigenvalue weighted by Gasteiger charge is -2.11. The highest BCUT2D eigenvalue weighted by molar-refractivity contribution is 5.91. The van der Waals surface area contributed by atoms with Crippen LogP contribution in [0, 0.1) is 0 Å². The predicted molar refractivity (Wildman–Crippen MR) is 106 cm³/mol. The average molecular weight is 399 g/mol. The fourth-order valence-corrected chi connectivity index (χ4v) is 2.79. The summed E-state index contributed by atoms with van der Waals surface area (Å²) in [5.74, 6) is 0.447. The molecule has 1 aliphatic rings. The molecule has 1 heterocycles. The normalized spacial score (nSPS) is 15.5. The fourth-order valence-electron chi connectivity index (χ4n) is 2.79. The van der Waals surface area contributed by atoms with Crippen LogP contribution in [0.3, 0.4) is 0 Å². The van der Waals surface area contributed by atoms with Gasteiger partial charge in [-0.25, -0.2) is 4.79 Å². The van der Waals surface area contributed by atoms with Gasteiger partial charge in [0.1, 0.15) is 24.7 Å². The first-order chi connectivity index (χ1) is 14.2. The molecule has 0 radical (unpaired) electrons. The van der Waals surface area contributed by atoms with Gasteiger partial charge in [-0.15, -0.1) is 0 Å². The molecule has 2 aromatic carbocycles. The summed E-state index contributed by atoms with van der Waals surface area (Å²) in [6.07, 6.45) is 2.20. The molecule has 1 N–H and O–H groups in total. The highest BCUT2D eigenvalue weighted by atomic mass is 16.5. The highest BCUT2D eigenvalue weighted by Gasteiger charge is 2.16. The number of amides is 1. The molecule has 1 atom stereocenters. The van der Waals surface area contributed by atoms with Crippen molar-refractivity contribution in [3.05, 3.63) is 60.2 Å². The number of ether oxygens (including phenoxy) is 4. The Kier molecular flexibility index (Phi) is 7.89. The summed E-state index contributed by atoms with van der Waals surface area (Å²) in [6.45, 7) is 1.59. The van der Waals surface area contributed by atoms with E-state index in [0.29, 0.717) is 31.1 Å². The van der Waals surface area contributed by atoms with E-state index >= 15 is 0 Å². The van der Waals surface area contributed by atoms with Gasteiger partial charge in [0.2, 0.25) is 0 Å². The quantitative estimate of drug-likeness (QED) is 0.488. The average Bonchev–Trinajstić information content (AvgIpc) is 3.28. The molecule has 7 heteroatoms. The van der Waals surface area contributed by atoms with Crippen LogP contribution in [0.1, 0.15) is 23.2 Å². The van der Waals surface area contributed by atoms with Crippen LogP contribution in [-0.4, -0.2) is 51.0 Å². The van der Waals surface area contributed by atoms with E-state index in [0.717, 1.165) is 25.2 Å². The number of rotatable bonds is 10. The van der Waals surface area contributed by atoms with Crippen LogP contribution in [0.15, 0.2) is 54.6 Å². The van der Waals surface area contributed by atoms with Crippen LogP contribution >= 0.6 is 0 Å². The van der Waals surface area contributed by atoms with Gasteiger partial charge in [0.05, 0.1) is 18.2 Å². The zero-order chi connectivity index (χ0) is 20.3. The molecule has 0 spiro atoms. The first-order valence-electron chi connectivity index (χ1n) is 9.67. The zero-order valence-corrected chi connectivity index (χ0v) is 16.2. The standard InChI is InChI=1S/C22H25NO6/c24-21(23-12-14-27-18-5-2-1-3-6-18)16-29-22(25)17-8-10-19(11-9-17)28-15-20-7-4-13-26-20/h1-3,5-6,8-11,20H,4,7,12-16H2,(H,23,24)/t20-/m0/s1. The maximum Gasteiger partial charge on any atom is 0.338 e. The molecule has 29 heavy (non-hydrogen) atoms. The van der Waals surface area contributed by atoms with Crippen LogP contribution in [0.25, 0.3) is 0 Å². The number of benzene rings is 2. The van der Waals surface area contributed by atoms with E-state index in [1.165, 1.54) is 0 Å². The van der Waals surface area contributed by atoms with Crippen LogP contribution in [0.4, 0.5) is 0 Å². The third kappa shape index (κ3) is 7.12. The van der Waals surface area contributed by atoms with Crippen LogP contribution in [-0.2, 0) is 14.3 Å². The Bertz CT molecular complexity index is 772. The van der Waals surface area contributed by atoms with E-state index in [2.05, 4.69) is 5.32 Å². The van der Waals surface area contributed by atoms with Crippen molar-refractivity contribution in [2.45, 2.75) is 18.9 Å². The van der Waals surface area contributed by atoms with Gasteiger partial charge in [-0.1, -0.05) is 18.2 Å². The first-order valence-corrected chi connectivity index (χ1v) is 9.67. The maximum atomic E-state index is 12.1. The van der Waals surface area contributed by atoms with Gasteiger partial charge in [0, 0.05) is 6.61 Å². The molecular weight excluding hydrogens is 374 g/mol. The topological polar surface area (TPSA) is 83.1 Å². The molecule has 0 aliphatic carbocycles. The van der Waals surface area contributed by atoms with Gasteiger partial charge in [0.25, 0.3) is 5.91 Å².